The quantitative estimate of drug-likeness (QED) is 0.675. The van der Waals surface area contributed by atoms with Crippen molar-refractivity contribution >= 4 is 17.3 Å². The molecule has 0 aliphatic carbocycles. The van der Waals surface area contributed by atoms with Gasteiger partial charge in [-0.2, -0.15) is 0 Å². The molecule has 2 aromatic carbocycles. The molecular weight excluding hydrogens is 296 g/mol. The lowest BCUT2D eigenvalue weighted by atomic mass is 10.1. The molecule has 1 atom stereocenters. The highest BCUT2D eigenvalue weighted by atomic mass is 16.6. The van der Waals surface area contributed by atoms with E-state index in [0.717, 1.165) is 5.56 Å². The molecule has 1 amide bonds. The van der Waals surface area contributed by atoms with Crippen LogP contribution in [0.15, 0.2) is 42.5 Å². The first kappa shape index (κ1) is 16.5. The fourth-order valence-corrected chi connectivity index (χ4v) is 2.12. The molecule has 1 N–H and O–H groups in total. The van der Waals surface area contributed by atoms with Gasteiger partial charge in [0.15, 0.2) is 6.10 Å². The molecule has 23 heavy (non-hydrogen) atoms. The number of nitrogens with zero attached hydrogens (tertiary/aromatic N) is 1. The van der Waals surface area contributed by atoms with Crippen LogP contribution in [0.4, 0.5) is 11.4 Å². The number of ether oxygens (including phenoxy) is 1. The third kappa shape index (κ3) is 3.85. The largest absolute Gasteiger partial charge is 0.481 e. The molecule has 2 rings (SSSR count). The standard InChI is InChI=1S/C17H18N2O4/c1-11-7-4-5-10-16(11)23-13(3)17(20)18-14-8-6-9-15(12(14)2)19(21)22/h4-10,13H,1-3H3,(H,18,20)/t13-/m0/s1. The van der Waals surface area contributed by atoms with Crippen molar-refractivity contribution in [2.75, 3.05) is 5.32 Å². The zero-order valence-electron chi connectivity index (χ0n) is 13.2. The lowest BCUT2D eigenvalue weighted by Gasteiger charge is -2.17. The summed E-state index contributed by atoms with van der Waals surface area (Å²) in [7, 11) is 0. The highest BCUT2D eigenvalue weighted by Crippen LogP contribution is 2.25. The van der Waals surface area contributed by atoms with Crippen molar-refractivity contribution in [3.8, 4) is 5.75 Å². The number of nitro groups is 1. The minimum atomic E-state index is -0.727. The zero-order chi connectivity index (χ0) is 17.0. The number of para-hydroxylation sites is 1. The van der Waals surface area contributed by atoms with E-state index < -0.39 is 11.0 Å². The number of amides is 1. The molecule has 0 radical (unpaired) electrons. The summed E-state index contributed by atoms with van der Waals surface area (Å²) < 4.78 is 5.65. The first-order valence-corrected chi connectivity index (χ1v) is 7.17. The van der Waals surface area contributed by atoms with E-state index in [0.29, 0.717) is 17.0 Å². The highest BCUT2D eigenvalue weighted by molar-refractivity contribution is 5.95. The van der Waals surface area contributed by atoms with Crippen molar-refractivity contribution in [3.05, 3.63) is 63.7 Å². The van der Waals surface area contributed by atoms with Crippen LogP contribution < -0.4 is 10.1 Å². The predicted octanol–water partition coefficient (Wildman–Crippen LogP) is 3.62. The summed E-state index contributed by atoms with van der Waals surface area (Å²) >= 11 is 0. The molecule has 0 aromatic heterocycles. The van der Waals surface area contributed by atoms with Gasteiger partial charge in [-0.25, -0.2) is 0 Å². The summed E-state index contributed by atoms with van der Waals surface area (Å²) in [6.45, 7) is 5.12. The third-order valence-electron chi connectivity index (χ3n) is 3.53. The van der Waals surface area contributed by atoms with Crippen molar-refractivity contribution in [1.29, 1.82) is 0 Å². The summed E-state index contributed by atoms with van der Waals surface area (Å²) in [6.07, 6.45) is -0.727. The van der Waals surface area contributed by atoms with Crippen LogP contribution in [0.3, 0.4) is 0 Å². The van der Waals surface area contributed by atoms with Gasteiger partial charge in [-0.1, -0.05) is 24.3 Å². The van der Waals surface area contributed by atoms with Gasteiger partial charge in [0.05, 0.1) is 16.2 Å². The van der Waals surface area contributed by atoms with E-state index in [4.69, 9.17) is 4.74 Å². The summed E-state index contributed by atoms with van der Waals surface area (Å²) in [6, 6.07) is 12.0. The van der Waals surface area contributed by atoms with E-state index in [1.807, 2.05) is 25.1 Å². The van der Waals surface area contributed by atoms with Crippen LogP contribution in [-0.4, -0.2) is 16.9 Å². The Labute approximate surface area is 134 Å². The minimum absolute atomic E-state index is 0.0322. The summed E-state index contributed by atoms with van der Waals surface area (Å²) in [5.41, 5.74) is 1.72. The average Bonchev–Trinajstić information content (AvgIpc) is 2.51. The number of rotatable bonds is 5. The number of carbonyl (C=O) groups excluding carboxylic acids is 1. The summed E-state index contributed by atoms with van der Waals surface area (Å²) in [5.74, 6) is 0.266. The molecule has 0 aliphatic rings. The lowest BCUT2D eigenvalue weighted by molar-refractivity contribution is -0.385. The van der Waals surface area contributed by atoms with Gasteiger partial charge < -0.3 is 10.1 Å². The Morgan fingerprint density at radius 3 is 2.52 bits per heavy atom. The second kappa shape index (κ2) is 6.91. The Kier molecular flexibility index (Phi) is 4.95. The smallest absolute Gasteiger partial charge is 0.274 e. The number of nitro benzene ring substituents is 1. The van der Waals surface area contributed by atoms with Crippen LogP contribution in [0.25, 0.3) is 0 Å². The van der Waals surface area contributed by atoms with E-state index in [2.05, 4.69) is 5.32 Å². The fourth-order valence-electron chi connectivity index (χ4n) is 2.12. The second-order valence-electron chi connectivity index (χ2n) is 5.22. The van der Waals surface area contributed by atoms with Crippen molar-refractivity contribution in [3.63, 3.8) is 0 Å². The maximum absolute atomic E-state index is 12.3. The van der Waals surface area contributed by atoms with Crippen LogP contribution in [0, 0.1) is 24.0 Å². The van der Waals surface area contributed by atoms with E-state index >= 15 is 0 Å². The van der Waals surface area contributed by atoms with Crippen LogP contribution in [-0.2, 0) is 4.79 Å². The zero-order valence-corrected chi connectivity index (χ0v) is 13.2. The van der Waals surface area contributed by atoms with E-state index in [1.54, 1.807) is 26.0 Å². The van der Waals surface area contributed by atoms with Gasteiger partial charge in [0.1, 0.15) is 5.75 Å². The maximum Gasteiger partial charge on any atom is 0.274 e. The van der Waals surface area contributed by atoms with Crippen molar-refractivity contribution < 1.29 is 14.5 Å². The monoisotopic (exact) mass is 314 g/mol. The van der Waals surface area contributed by atoms with E-state index in [1.165, 1.54) is 12.1 Å². The molecular formula is C17H18N2O4. The molecule has 2 aromatic rings. The Hall–Kier alpha value is -2.89. The molecule has 0 aliphatic heterocycles. The summed E-state index contributed by atoms with van der Waals surface area (Å²) in [5, 5.41) is 13.6. The Balaban J connectivity index is 2.12. The van der Waals surface area contributed by atoms with Gasteiger partial charge in [-0.05, 0) is 38.5 Å². The predicted molar refractivity (Wildman–Crippen MR) is 87.7 cm³/mol. The van der Waals surface area contributed by atoms with Gasteiger partial charge in [-0.15, -0.1) is 0 Å². The molecule has 120 valence electrons. The SMILES string of the molecule is Cc1ccccc1O[C@@H](C)C(=O)Nc1cccc([N+](=O)[O-])c1C. The number of hydrogen-bond acceptors (Lipinski definition) is 4. The van der Waals surface area contributed by atoms with Crippen molar-refractivity contribution in [1.82, 2.24) is 0 Å². The molecule has 0 fully saturated rings. The first-order chi connectivity index (χ1) is 10.9. The van der Waals surface area contributed by atoms with Gasteiger partial charge in [0.25, 0.3) is 11.6 Å². The number of aryl methyl sites for hydroxylation is 1. The van der Waals surface area contributed by atoms with Crippen LogP contribution in [0.1, 0.15) is 18.1 Å². The van der Waals surface area contributed by atoms with Crippen LogP contribution in [0.5, 0.6) is 5.75 Å². The maximum atomic E-state index is 12.3. The Morgan fingerprint density at radius 2 is 1.87 bits per heavy atom. The number of anilines is 1. The van der Waals surface area contributed by atoms with Gasteiger partial charge >= 0.3 is 0 Å². The summed E-state index contributed by atoms with van der Waals surface area (Å²) in [4.78, 5) is 22.7. The molecule has 0 spiro atoms. The second-order valence-corrected chi connectivity index (χ2v) is 5.22. The number of nitrogens with one attached hydrogen (secondary N) is 1. The molecule has 0 saturated heterocycles. The Morgan fingerprint density at radius 1 is 1.17 bits per heavy atom. The average molecular weight is 314 g/mol. The van der Waals surface area contributed by atoms with E-state index in [-0.39, 0.29) is 11.6 Å². The van der Waals surface area contributed by atoms with E-state index in [9.17, 15) is 14.9 Å². The molecule has 0 unspecified atom stereocenters. The Bertz CT molecular complexity index is 743. The van der Waals surface area contributed by atoms with Crippen LogP contribution in [0.2, 0.25) is 0 Å². The normalized spacial score (nSPS) is 11.6. The van der Waals surface area contributed by atoms with Crippen LogP contribution >= 0.6 is 0 Å². The fraction of sp³-hybridized carbons (Fsp3) is 0.235. The topological polar surface area (TPSA) is 81.5 Å². The minimum Gasteiger partial charge on any atom is -0.481 e. The van der Waals surface area contributed by atoms with Gasteiger partial charge in [0.2, 0.25) is 0 Å². The number of benzene rings is 2. The third-order valence-corrected chi connectivity index (χ3v) is 3.53. The van der Waals surface area contributed by atoms with Crippen molar-refractivity contribution in [2.45, 2.75) is 26.9 Å². The molecule has 6 nitrogen and oxygen atoms in total. The van der Waals surface area contributed by atoms with Crippen molar-refractivity contribution in [2.24, 2.45) is 0 Å². The van der Waals surface area contributed by atoms with Gasteiger partial charge in [-0.3, -0.25) is 14.9 Å². The molecule has 0 heterocycles. The first-order valence-electron chi connectivity index (χ1n) is 7.17. The molecule has 0 bridgehead atoms. The lowest BCUT2D eigenvalue weighted by Crippen LogP contribution is -2.30. The molecule has 0 saturated carbocycles. The number of carbonyl (C=O) groups is 1. The van der Waals surface area contributed by atoms with Gasteiger partial charge in [0, 0.05) is 6.07 Å². The highest BCUT2D eigenvalue weighted by Gasteiger charge is 2.19. The number of hydrogen-bond donors (Lipinski definition) is 1. The molecule has 6 heteroatoms.